The monoisotopic (exact) mass is 343 g/mol. The lowest BCUT2D eigenvalue weighted by Crippen LogP contribution is -2.45. The lowest BCUT2D eigenvalue weighted by Gasteiger charge is -2.26. The van der Waals surface area contributed by atoms with Crippen molar-refractivity contribution in [1.29, 1.82) is 0 Å². The summed E-state index contributed by atoms with van der Waals surface area (Å²) in [5, 5.41) is 3.33. The summed E-state index contributed by atoms with van der Waals surface area (Å²) in [4.78, 5) is 14.2. The van der Waals surface area contributed by atoms with Gasteiger partial charge in [-0.3, -0.25) is 4.99 Å². The molecule has 134 valence electrons. The molecule has 0 spiro atoms. The molecule has 7 nitrogen and oxygen atoms in total. The molecule has 1 fully saturated rings. The number of hydrogen-bond donors (Lipinski definition) is 2. The van der Waals surface area contributed by atoms with Crippen molar-refractivity contribution < 1.29 is 9.47 Å². The average Bonchev–Trinajstić information content (AvgIpc) is 3.12. The number of hydrogen-bond acceptors (Lipinski definition) is 4. The van der Waals surface area contributed by atoms with E-state index in [0.717, 1.165) is 23.0 Å². The molecule has 2 N–H and O–H groups in total. The number of nitrogens with one attached hydrogen (secondary N) is 2. The smallest absolute Gasteiger partial charge is 0.193 e. The highest BCUT2D eigenvalue weighted by atomic mass is 16.6. The molecule has 1 aliphatic heterocycles. The van der Waals surface area contributed by atoms with Crippen LogP contribution in [0.25, 0.3) is 11.3 Å². The summed E-state index contributed by atoms with van der Waals surface area (Å²) in [6.45, 7) is 3.24. The molecule has 7 heteroatoms. The van der Waals surface area contributed by atoms with E-state index < -0.39 is 0 Å². The first-order valence-electron chi connectivity index (χ1n) is 8.46. The second-order valence-corrected chi connectivity index (χ2v) is 5.96. The van der Waals surface area contributed by atoms with Gasteiger partial charge in [-0.1, -0.05) is 30.3 Å². The fourth-order valence-corrected chi connectivity index (χ4v) is 2.75. The zero-order valence-electron chi connectivity index (χ0n) is 14.7. The Morgan fingerprint density at radius 2 is 2.20 bits per heavy atom. The highest BCUT2D eigenvalue weighted by Gasteiger charge is 2.16. The van der Waals surface area contributed by atoms with E-state index in [-0.39, 0.29) is 6.10 Å². The van der Waals surface area contributed by atoms with Crippen LogP contribution in [0.3, 0.4) is 0 Å². The topological polar surface area (TPSA) is 74.8 Å². The summed E-state index contributed by atoms with van der Waals surface area (Å²) in [6.07, 6.45) is 1.93. The molecule has 1 aromatic heterocycles. The van der Waals surface area contributed by atoms with Gasteiger partial charge in [-0.25, -0.2) is 4.98 Å². The summed E-state index contributed by atoms with van der Waals surface area (Å²) < 4.78 is 11.1. The van der Waals surface area contributed by atoms with Gasteiger partial charge in [0.05, 0.1) is 44.4 Å². The van der Waals surface area contributed by atoms with Crippen molar-refractivity contribution in [3.05, 3.63) is 42.4 Å². The summed E-state index contributed by atoms with van der Waals surface area (Å²) in [6, 6.07) is 10.2. The Balaban J connectivity index is 1.55. The number of ether oxygens (including phenoxy) is 2. The fraction of sp³-hybridized carbons (Fsp3) is 0.444. The van der Waals surface area contributed by atoms with Crippen molar-refractivity contribution in [2.45, 2.75) is 12.6 Å². The van der Waals surface area contributed by atoms with E-state index in [1.165, 1.54) is 0 Å². The first-order chi connectivity index (χ1) is 12.3. The third-order valence-corrected chi connectivity index (χ3v) is 4.05. The predicted octanol–water partition coefficient (Wildman–Crippen LogP) is 1.50. The molecule has 0 radical (unpaired) electrons. The average molecular weight is 343 g/mol. The highest BCUT2D eigenvalue weighted by molar-refractivity contribution is 5.79. The molecule has 0 bridgehead atoms. The van der Waals surface area contributed by atoms with E-state index in [2.05, 4.69) is 32.4 Å². The normalized spacial score (nSPS) is 18.2. The van der Waals surface area contributed by atoms with Crippen LogP contribution in [0.5, 0.6) is 0 Å². The molecule has 2 aromatic rings. The molecule has 1 atom stereocenters. The molecule has 1 unspecified atom stereocenters. The van der Waals surface area contributed by atoms with E-state index >= 15 is 0 Å². The third kappa shape index (κ3) is 4.80. The Morgan fingerprint density at radius 3 is 2.92 bits per heavy atom. The number of aliphatic imine (C=N–C) groups is 1. The van der Waals surface area contributed by atoms with Crippen molar-refractivity contribution in [3.63, 3.8) is 0 Å². The van der Waals surface area contributed by atoms with Gasteiger partial charge < -0.3 is 24.7 Å². The number of nitrogens with zero attached hydrogens (tertiary/aromatic N) is 3. The van der Waals surface area contributed by atoms with Crippen molar-refractivity contribution in [3.8, 4) is 11.3 Å². The number of aromatic nitrogens is 2. The summed E-state index contributed by atoms with van der Waals surface area (Å²) in [7, 11) is 3.76. The minimum atomic E-state index is 0.0622. The Labute approximate surface area is 148 Å². The quantitative estimate of drug-likeness (QED) is 0.636. The summed E-state index contributed by atoms with van der Waals surface area (Å²) in [5.41, 5.74) is 2.14. The van der Waals surface area contributed by atoms with Crippen LogP contribution in [0.1, 0.15) is 5.82 Å². The molecule has 0 amide bonds. The first-order valence-corrected chi connectivity index (χ1v) is 8.46. The van der Waals surface area contributed by atoms with Gasteiger partial charge in [0.1, 0.15) is 5.82 Å². The van der Waals surface area contributed by atoms with E-state index in [9.17, 15) is 0 Å². The summed E-state index contributed by atoms with van der Waals surface area (Å²) >= 11 is 0. The number of benzene rings is 1. The molecule has 1 aromatic carbocycles. The second kappa shape index (κ2) is 8.64. The maximum absolute atomic E-state index is 5.64. The van der Waals surface area contributed by atoms with Gasteiger partial charge in [-0.2, -0.15) is 0 Å². The molecule has 3 rings (SSSR count). The largest absolute Gasteiger partial charge is 0.376 e. The Hall–Kier alpha value is -2.38. The fourth-order valence-electron chi connectivity index (χ4n) is 2.75. The minimum absolute atomic E-state index is 0.0622. The van der Waals surface area contributed by atoms with E-state index in [1.54, 1.807) is 7.05 Å². The van der Waals surface area contributed by atoms with Crippen molar-refractivity contribution >= 4 is 5.96 Å². The molecule has 25 heavy (non-hydrogen) atoms. The van der Waals surface area contributed by atoms with Gasteiger partial charge >= 0.3 is 0 Å². The van der Waals surface area contributed by atoms with E-state index in [0.29, 0.717) is 32.9 Å². The van der Waals surface area contributed by atoms with Gasteiger partial charge in [0.15, 0.2) is 5.96 Å². The van der Waals surface area contributed by atoms with Crippen LogP contribution in [0.15, 0.2) is 41.5 Å². The molecular formula is C18H25N5O2. The zero-order chi connectivity index (χ0) is 17.5. The predicted molar refractivity (Wildman–Crippen MR) is 97.4 cm³/mol. The third-order valence-electron chi connectivity index (χ3n) is 4.05. The van der Waals surface area contributed by atoms with Crippen molar-refractivity contribution in [2.75, 3.05) is 40.5 Å². The van der Waals surface area contributed by atoms with Crippen LogP contribution in [-0.4, -0.2) is 67.4 Å². The number of aromatic amines is 1. The van der Waals surface area contributed by atoms with Crippen LogP contribution in [-0.2, 0) is 16.0 Å². The van der Waals surface area contributed by atoms with Crippen molar-refractivity contribution in [1.82, 2.24) is 20.2 Å². The standard InChI is InChI=1S/C18H25N5O2/c1-19-18(21-10-15-13-24-8-9-25-15)23(2)12-17-20-11-16(22-17)14-6-4-3-5-7-14/h3-7,11,15H,8-10,12-13H2,1-2H3,(H,19,21)(H,20,22). The van der Waals surface area contributed by atoms with Crippen LogP contribution < -0.4 is 5.32 Å². The Bertz CT molecular complexity index is 680. The summed E-state index contributed by atoms with van der Waals surface area (Å²) in [5.74, 6) is 1.69. The molecule has 0 saturated carbocycles. The van der Waals surface area contributed by atoms with E-state index in [1.807, 2.05) is 36.3 Å². The number of H-pyrrole nitrogens is 1. The van der Waals surface area contributed by atoms with Crippen LogP contribution in [0.2, 0.25) is 0 Å². The van der Waals surface area contributed by atoms with E-state index in [4.69, 9.17) is 9.47 Å². The highest BCUT2D eigenvalue weighted by Crippen LogP contribution is 2.16. The van der Waals surface area contributed by atoms with Gasteiger partial charge in [0, 0.05) is 20.6 Å². The molecule has 0 aliphatic carbocycles. The lowest BCUT2D eigenvalue weighted by atomic mass is 10.2. The molecule has 1 saturated heterocycles. The minimum Gasteiger partial charge on any atom is -0.376 e. The second-order valence-electron chi connectivity index (χ2n) is 5.96. The SMILES string of the molecule is CN=C(NCC1COCCO1)N(C)Cc1ncc(-c2ccccc2)[nH]1. The Kier molecular flexibility index (Phi) is 6.03. The van der Waals surface area contributed by atoms with Crippen LogP contribution in [0.4, 0.5) is 0 Å². The Morgan fingerprint density at radius 1 is 1.36 bits per heavy atom. The van der Waals surface area contributed by atoms with Gasteiger partial charge in [-0.15, -0.1) is 0 Å². The molecule has 1 aliphatic rings. The first kappa shape index (κ1) is 17.4. The van der Waals surface area contributed by atoms with Gasteiger partial charge in [-0.05, 0) is 5.56 Å². The number of guanidine groups is 1. The maximum atomic E-state index is 5.64. The lowest BCUT2D eigenvalue weighted by molar-refractivity contribution is -0.0851. The maximum Gasteiger partial charge on any atom is 0.193 e. The number of rotatable bonds is 5. The van der Waals surface area contributed by atoms with Crippen molar-refractivity contribution in [2.24, 2.45) is 4.99 Å². The van der Waals surface area contributed by atoms with Crippen LogP contribution in [0, 0.1) is 0 Å². The van der Waals surface area contributed by atoms with Crippen LogP contribution >= 0.6 is 0 Å². The zero-order valence-corrected chi connectivity index (χ0v) is 14.7. The van der Waals surface area contributed by atoms with Gasteiger partial charge in [0.25, 0.3) is 0 Å². The van der Waals surface area contributed by atoms with Gasteiger partial charge in [0.2, 0.25) is 0 Å². The number of imidazole rings is 1. The molecular weight excluding hydrogens is 318 g/mol. The molecule has 2 heterocycles.